The fraction of sp³-hybridized carbons (Fsp3) is 0.714. The Morgan fingerprint density at radius 1 is 1.45 bits per heavy atom. The molecule has 112 valence electrons. The van der Waals surface area contributed by atoms with Crippen LogP contribution in [0.1, 0.15) is 26.2 Å². The Bertz CT molecular complexity index is 422. The van der Waals surface area contributed by atoms with Crippen LogP contribution in [0.2, 0.25) is 0 Å². The molecule has 0 spiro atoms. The predicted molar refractivity (Wildman–Crippen MR) is 82.0 cm³/mol. The van der Waals surface area contributed by atoms with Crippen LogP contribution in [0.3, 0.4) is 0 Å². The molecule has 1 aliphatic carbocycles. The van der Waals surface area contributed by atoms with E-state index in [1.807, 2.05) is 18.0 Å². The van der Waals surface area contributed by atoms with Crippen molar-refractivity contribution in [3.05, 3.63) is 6.07 Å². The molecule has 20 heavy (non-hydrogen) atoms. The van der Waals surface area contributed by atoms with Gasteiger partial charge in [-0.25, -0.2) is 0 Å². The lowest BCUT2D eigenvalue weighted by atomic mass is 10.4. The zero-order valence-corrected chi connectivity index (χ0v) is 12.4. The number of aromatic nitrogens is 2. The molecule has 0 atom stereocenters. The molecular weight excluding hydrogens is 254 g/mol. The maximum absolute atomic E-state index is 5.75. The zero-order valence-electron chi connectivity index (χ0n) is 12.4. The van der Waals surface area contributed by atoms with E-state index < -0.39 is 0 Å². The molecule has 1 fully saturated rings. The monoisotopic (exact) mass is 279 g/mol. The van der Waals surface area contributed by atoms with E-state index in [2.05, 4.69) is 22.2 Å². The molecule has 6 heteroatoms. The second kappa shape index (κ2) is 7.28. The van der Waals surface area contributed by atoms with Crippen LogP contribution in [0, 0.1) is 5.92 Å². The molecule has 0 radical (unpaired) electrons. The average Bonchev–Trinajstić information content (AvgIpc) is 3.24. The molecule has 1 aromatic rings. The van der Waals surface area contributed by atoms with Crippen molar-refractivity contribution in [3.63, 3.8) is 0 Å². The Morgan fingerprint density at radius 2 is 2.25 bits per heavy atom. The van der Waals surface area contributed by atoms with Crippen LogP contribution in [0.4, 0.5) is 17.6 Å². The van der Waals surface area contributed by atoms with Gasteiger partial charge in [0.2, 0.25) is 5.95 Å². The third kappa shape index (κ3) is 4.85. The van der Waals surface area contributed by atoms with E-state index in [0.29, 0.717) is 12.6 Å². The van der Waals surface area contributed by atoms with E-state index in [0.717, 1.165) is 43.7 Å². The minimum absolute atomic E-state index is 0.298. The van der Waals surface area contributed by atoms with E-state index in [4.69, 9.17) is 10.5 Å². The van der Waals surface area contributed by atoms with E-state index >= 15 is 0 Å². The fourth-order valence-electron chi connectivity index (χ4n) is 1.84. The highest BCUT2D eigenvalue weighted by Crippen LogP contribution is 2.28. The van der Waals surface area contributed by atoms with Crippen LogP contribution in [0.5, 0.6) is 0 Å². The smallest absolute Gasteiger partial charge is 0.223 e. The molecule has 0 amide bonds. The van der Waals surface area contributed by atoms with Crippen molar-refractivity contribution >= 4 is 17.6 Å². The van der Waals surface area contributed by atoms with E-state index in [1.165, 1.54) is 12.8 Å². The predicted octanol–water partition coefficient (Wildman–Crippen LogP) is 1.74. The van der Waals surface area contributed by atoms with Crippen LogP contribution < -0.4 is 16.0 Å². The fourth-order valence-corrected chi connectivity index (χ4v) is 1.84. The number of nitrogens with one attached hydrogen (secondary N) is 1. The summed E-state index contributed by atoms with van der Waals surface area (Å²) < 4.78 is 5.64. The Hall–Kier alpha value is -1.56. The largest absolute Gasteiger partial charge is 0.379 e. The van der Waals surface area contributed by atoms with Crippen LogP contribution >= 0.6 is 0 Å². The molecule has 0 aromatic carbocycles. The maximum atomic E-state index is 5.75. The first kappa shape index (κ1) is 14.8. The number of nitrogen functional groups attached to an aromatic ring is 1. The number of nitrogens with zero attached hydrogens (tertiary/aromatic N) is 3. The maximum Gasteiger partial charge on any atom is 0.223 e. The quantitative estimate of drug-likeness (QED) is 0.671. The molecule has 0 bridgehead atoms. The van der Waals surface area contributed by atoms with Crippen molar-refractivity contribution < 1.29 is 4.74 Å². The van der Waals surface area contributed by atoms with E-state index in [1.54, 1.807) is 0 Å². The summed E-state index contributed by atoms with van der Waals surface area (Å²) in [6, 6.07) is 1.92. The summed E-state index contributed by atoms with van der Waals surface area (Å²) >= 11 is 0. The van der Waals surface area contributed by atoms with Gasteiger partial charge in [-0.3, -0.25) is 0 Å². The van der Waals surface area contributed by atoms with Gasteiger partial charge in [-0.05, 0) is 25.2 Å². The van der Waals surface area contributed by atoms with Gasteiger partial charge in [-0.2, -0.15) is 9.97 Å². The number of rotatable bonds is 9. The first-order chi connectivity index (χ1) is 9.69. The van der Waals surface area contributed by atoms with Crippen LogP contribution in [0.15, 0.2) is 6.07 Å². The van der Waals surface area contributed by atoms with Crippen molar-refractivity contribution in [2.45, 2.75) is 26.2 Å². The Balaban J connectivity index is 1.83. The third-order valence-electron chi connectivity index (χ3n) is 3.30. The summed E-state index contributed by atoms with van der Waals surface area (Å²) in [5, 5.41) is 3.23. The topological polar surface area (TPSA) is 76.3 Å². The first-order valence-corrected chi connectivity index (χ1v) is 7.36. The summed E-state index contributed by atoms with van der Waals surface area (Å²) in [5.74, 6) is 2.71. The van der Waals surface area contributed by atoms with Gasteiger partial charge in [0.25, 0.3) is 0 Å². The van der Waals surface area contributed by atoms with Crippen LogP contribution in [-0.4, -0.2) is 43.3 Å². The van der Waals surface area contributed by atoms with Gasteiger partial charge in [0.15, 0.2) is 0 Å². The molecule has 1 aliphatic rings. The van der Waals surface area contributed by atoms with Crippen molar-refractivity contribution in [2.24, 2.45) is 5.92 Å². The Labute approximate surface area is 120 Å². The number of anilines is 3. The SMILES string of the molecule is CCCNc1cc(N(C)CCOCC2CC2)nc(N)n1. The van der Waals surface area contributed by atoms with Gasteiger partial charge in [0.1, 0.15) is 11.6 Å². The molecule has 1 saturated carbocycles. The normalized spacial score (nSPS) is 14.3. The highest BCUT2D eigenvalue weighted by Gasteiger charge is 2.21. The lowest BCUT2D eigenvalue weighted by Gasteiger charge is -2.19. The molecule has 0 saturated heterocycles. The molecular formula is C14H25N5O. The number of ether oxygens (including phenoxy) is 1. The van der Waals surface area contributed by atoms with E-state index in [9.17, 15) is 0 Å². The molecule has 6 nitrogen and oxygen atoms in total. The summed E-state index contributed by atoms with van der Waals surface area (Å²) in [4.78, 5) is 10.5. The number of hydrogen-bond acceptors (Lipinski definition) is 6. The molecule has 3 N–H and O–H groups in total. The van der Waals surface area contributed by atoms with Crippen LogP contribution in [-0.2, 0) is 4.74 Å². The first-order valence-electron chi connectivity index (χ1n) is 7.36. The third-order valence-corrected chi connectivity index (χ3v) is 3.30. The highest BCUT2D eigenvalue weighted by atomic mass is 16.5. The van der Waals surface area contributed by atoms with Crippen molar-refractivity contribution in [1.29, 1.82) is 0 Å². The molecule has 0 unspecified atom stereocenters. The number of likely N-dealkylation sites (N-methyl/N-ethyl adjacent to an activating group) is 1. The zero-order chi connectivity index (χ0) is 14.4. The minimum atomic E-state index is 0.298. The molecule has 1 heterocycles. The molecule has 1 aromatic heterocycles. The van der Waals surface area contributed by atoms with Crippen LogP contribution in [0.25, 0.3) is 0 Å². The van der Waals surface area contributed by atoms with Gasteiger partial charge in [0.05, 0.1) is 6.61 Å². The van der Waals surface area contributed by atoms with Crippen molar-refractivity contribution in [2.75, 3.05) is 49.3 Å². The van der Waals surface area contributed by atoms with Gasteiger partial charge < -0.3 is 20.7 Å². The lowest BCUT2D eigenvalue weighted by molar-refractivity contribution is 0.131. The number of hydrogen-bond donors (Lipinski definition) is 2. The van der Waals surface area contributed by atoms with Gasteiger partial charge in [0, 0.05) is 32.8 Å². The highest BCUT2D eigenvalue weighted by molar-refractivity contribution is 5.52. The lowest BCUT2D eigenvalue weighted by Crippen LogP contribution is -2.24. The van der Waals surface area contributed by atoms with Gasteiger partial charge in [-0.1, -0.05) is 6.92 Å². The summed E-state index contributed by atoms with van der Waals surface area (Å²) in [6.45, 7) is 5.40. The Morgan fingerprint density at radius 3 is 2.95 bits per heavy atom. The minimum Gasteiger partial charge on any atom is -0.379 e. The molecule has 0 aliphatic heterocycles. The van der Waals surface area contributed by atoms with E-state index in [-0.39, 0.29) is 0 Å². The number of nitrogens with two attached hydrogens (primary N) is 1. The van der Waals surface area contributed by atoms with Crippen molar-refractivity contribution in [1.82, 2.24) is 9.97 Å². The van der Waals surface area contributed by atoms with Gasteiger partial charge in [-0.15, -0.1) is 0 Å². The summed E-state index contributed by atoms with van der Waals surface area (Å²) in [7, 11) is 1.99. The standard InChI is InChI=1S/C14H25N5O/c1-3-6-16-12-9-13(18-14(15)17-12)19(2)7-8-20-10-11-4-5-11/h9,11H,3-8,10H2,1-2H3,(H3,15,16,17,18). The average molecular weight is 279 g/mol. The van der Waals surface area contributed by atoms with Gasteiger partial charge >= 0.3 is 0 Å². The second-order valence-electron chi connectivity index (χ2n) is 5.34. The summed E-state index contributed by atoms with van der Waals surface area (Å²) in [6.07, 6.45) is 3.69. The Kier molecular flexibility index (Phi) is 5.40. The molecule has 2 rings (SSSR count). The second-order valence-corrected chi connectivity index (χ2v) is 5.34. The van der Waals surface area contributed by atoms with Crippen molar-refractivity contribution in [3.8, 4) is 0 Å². The summed E-state index contributed by atoms with van der Waals surface area (Å²) in [5.41, 5.74) is 5.75.